The van der Waals surface area contributed by atoms with Crippen LogP contribution in [0.15, 0.2) is 0 Å². The molecule has 1 aliphatic carbocycles. The summed E-state index contributed by atoms with van der Waals surface area (Å²) in [6, 6.07) is 0. The Hall–Kier alpha value is -0.0400. The standard InChI is InChI=1S/C7H14O/c1-2-3-6-4-7(6)5-8/h6-8H,2-5H2,1H3/t6-,7+/m1/s1. The lowest BCUT2D eigenvalue weighted by Crippen LogP contribution is -1.87. The normalized spacial score (nSPS) is 35.2. The third-order valence-corrected chi connectivity index (χ3v) is 1.96. The van der Waals surface area contributed by atoms with Crippen LogP contribution in [-0.2, 0) is 0 Å². The molecule has 1 aliphatic rings. The molecule has 0 amide bonds. The van der Waals surface area contributed by atoms with Crippen LogP contribution < -0.4 is 0 Å². The van der Waals surface area contributed by atoms with Gasteiger partial charge in [-0.15, -0.1) is 0 Å². The van der Waals surface area contributed by atoms with Gasteiger partial charge >= 0.3 is 0 Å². The van der Waals surface area contributed by atoms with Crippen molar-refractivity contribution in [3.8, 4) is 0 Å². The second-order valence-electron chi connectivity index (χ2n) is 2.73. The molecule has 0 unspecified atom stereocenters. The summed E-state index contributed by atoms with van der Waals surface area (Å²) < 4.78 is 0. The molecule has 48 valence electrons. The molecule has 8 heavy (non-hydrogen) atoms. The summed E-state index contributed by atoms with van der Waals surface area (Å²) in [6.45, 7) is 2.62. The molecule has 1 saturated carbocycles. The molecular formula is C7H14O. The Morgan fingerprint density at radius 2 is 2.25 bits per heavy atom. The van der Waals surface area contributed by atoms with Crippen LogP contribution in [0.1, 0.15) is 26.2 Å². The summed E-state index contributed by atoms with van der Waals surface area (Å²) in [6.07, 6.45) is 3.89. The Balaban J connectivity index is 1.99. The van der Waals surface area contributed by atoms with Gasteiger partial charge in [-0.2, -0.15) is 0 Å². The first-order valence-corrected chi connectivity index (χ1v) is 3.49. The number of rotatable bonds is 3. The zero-order valence-corrected chi connectivity index (χ0v) is 5.43. The zero-order valence-electron chi connectivity index (χ0n) is 5.43. The van der Waals surface area contributed by atoms with Gasteiger partial charge in [0.1, 0.15) is 0 Å². The van der Waals surface area contributed by atoms with E-state index in [9.17, 15) is 0 Å². The highest BCUT2D eigenvalue weighted by molar-refractivity contribution is 4.84. The van der Waals surface area contributed by atoms with Gasteiger partial charge in [0.2, 0.25) is 0 Å². The molecule has 1 heteroatoms. The number of hydrogen-bond donors (Lipinski definition) is 1. The van der Waals surface area contributed by atoms with E-state index in [1.807, 2.05) is 0 Å². The monoisotopic (exact) mass is 114 g/mol. The van der Waals surface area contributed by atoms with Gasteiger partial charge in [0.05, 0.1) is 0 Å². The Morgan fingerprint density at radius 1 is 1.50 bits per heavy atom. The summed E-state index contributed by atoms with van der Waals surface area (Å²) in [5.41, 5.74) is 0. The molecule has 1 rings (SSSR count). The van der Waals surface area contributed by atoms with E-state index in [4.69, 9.17) is 5.11 Å². The maximum absolute atomic E-state index is 8.60. The maximum atomic E-state index is 8.60. The van der Waals surface area contributed by atoms with Crippen LogP contribution in [0.3, 0.4) is 0 Å². The molecule has 0 radical (unpaired) electrons. The van der Waals surface area contributed by atoms with Gasteiger partial charge in [0.25, 0.3) is 0 Å². The molecule has 0 aromatic heterocycles. The average Bonchev–Trinajstić information content (AvgIpc) is 2.48. The summed E-state index contributed by atoms with van der Waals surface area (Å²) in [5.74, 6) is 1.56. The van der Waals surface area contributed by atoms with E-state index in [1.165, 1.54) is 19.3 Å². The van der Waals surface area contributed by atoms with Gasteiger partial charge in [-0.05, 0) is 18.3 Å². The van der Waals surface area contributed by atoms with Crippen molar-refractivity contribution in [3.63, 3.8) is 0 Å². The molecule has 0 aromatic rings. The molecule has 0 bridgehead atoms. The second kappa shape index (κ2) is 2.49. The largest absolute Gasteiger partial charge is 0.396 e. The lowest BCUT2D eigenvalue weighted by atomic mass is 10.2. The zero-order chi connectivity index (χ0) is 5.98. The van der Waals surface area contributed by atoms with E-state index >= 15 is 0 Å². The van der Waals surface area contributed by atoms with Crippen LogP contribution in [0.4, 0.5) is 0 Å². The van der Waals surface area contributed by atoms with Crippen molar-refractivity contribution in [2.45, 2.75) is 26.2 Å². The van der Waals surface area contributed by atoms with Gasteiger partial charge < -0.3 is 5.11 Å². The van der Waals surface area contributed by atoms with Crippen LogP contribution in [0, 0.1) is 11.8 Å². The van der Waals surface area contributed by atoms with Gasteiger partial charge in [0.15, 0.2) is 0 Å². The lowest BCUT2D eigenvalue weighted by molar-refractivity contribution is 0.267. The molecular weight excluding hydrogens is 100 g/mol. The molecule has 0 aromatic carbocycles. The van der Waals surface area contributed by atoms with Crippen molar-refractivity contribution in [2.24, 2.45) is 11.8 Å². The molecule has 0 spiro atoms. The van der Waals surface area contributed by atoms with Crippen molar-refractivity contribution in [1.29, 1.82) is 0 Å². The van der Waals surface area contributed by atoms with Crippen molar-refractivity contribution < 1.29 is 5.11 Å². The van der Waals surface area contributed by atoms with E-state index in [2.05, 4.69) is 6.92 Å². The SMILES string of the molecule is CCC[C@@H]1C[C@H]1CO. The van der Waals surface area contributed by atoms with Gasteiger partial charge in [-0.1, -0.05) is 19.8 Å². The predicted octanol–water partition coefficient (Wildman–Crippen LogP) is 1.41. The highest BCUT2D eigenvalue weighted by Crippen LogP contribution is 2.41. The summed E-state index contributed by atoms with van der Waals surface area (Å²) in [7, 11) is 0. The Kier molecular flexibility index (Phi) is 1.90. The molecule has 1 nitrogen and oxygen atoms in total. The molecule has 1 fully saturated rings. The van der Waals surface area contributed by atoms with E-state index in [-0.39, 0.29) is 0 Å². The molecule has 1 N–H and O–H groups in total. The summed E-state index contributed by atoms with van der Waals surface area (Å²) in [5, 5.41) is 8.60. The molecule has 2 atom stereocenters. The minimum absolute atomic E-state index is 0.421. The first kappa shape index (κ1) is 6.09. The highest BCUT2D eigenvalue weighted by Gasteiger charge is 2.34. The number of aliphatic hydroxyl groups excluding tert-OH is 1. The Labute approximate surface area is 50.7 Å². The first-order valence-electron chi connectivity index (χ1n) is 3.49. The van der Waals surface area contributed by atoms with Crippen LogP contribution >= 0.6 is 0 Å². The number of hydrogen-bond acceptors (Lipinski definition) is 1. The third-order valence-electron chi connectivity index (χ3n) is 1.96. The summed E-state index contributed by atoms with van der Waals surface area (Å²) in [4.78, 5) is 0. The Bertz CT molecular complexity index is 70.8. The highest BCUT2D eigenvalue weighted by atomic mass is 16.3. The fourth-order valence-electron chi connectivity index (χ4n) is 1.26. The van der Waals surface area contributed by atoms with Crippen LogP contribution in [0.5, 0.6) is 0 Å². The molecule has 0 saturated heterocycles. The van der Waals surface area contributed by atoms with Crippen molar-refractivity contribution in [2.75, 3.05) is 6.61 Å². The molecule has 0 heterocycles. The van der Waals surface area contributed by atoms with E-state index in [1.54, 1.807) is 0 Å². The van der Waals surface area contributed by atoms with Gasteiger partial charge in [0, 0.05) is 6.61 Å². The topological polar surface area (TPSA) is 20.2 Å². The van der Waals surface area contributed by atoms with Crippen molar-refractivity contribution in [3.05, 3.63) is 0 Å². The predicted molar refractivity (Wildman–Crippen MR) is 33.6 cm³/mol. The quantitative estimate of drug-likeness (QED) is 0.588. The van der Waals surface area contributed by atoms with E-state index in [0.717, 1.165) is 5.92 Å². The maximum Gasteiger partial charge on any atom is 0.0462 e. The van der Waals surface area contributed by atoms with Gasteiger partial charge in [-0.3, -0.25) is 0 Å². The van der Waals surface area contributed by atoms with Crippen LogP contribution in [-0.4, -0.2) is 11.7 Å². The third kappa shape index (κ3) is 1.22. The lowest BCUT2D eigenvalue weighted by Gasteiger charge is -1.89. The van der Waals surface area contributed by atoms with Crippen molar-refractivity contribution >= 4 is 0 Å². The average molecular weight is 114 g/mol. The van der Waals surface area contributed by atoms with E-state index in [0.29, 0.717) is 12.5 Å². The Morgan fingerprint density at radius 3 is 2.62 bits per heavy atom. The fourth-order valence-corrected chi connectivity index (χ4v) is 1.26. The minimum Gasteiger partial charge on any atom is -0.396 e. The minimum atomic E-state index is 0.421. The van der Waals surface area contributed by atoms with Crippen LogP contribution in [0.2, 0.25) is 0 Å². The van der Waals surface area contributed by atoms with Gasteiger partial charge in [-0.25, -0.2) is 0 Å². The fraction of sp³-hybridized carbons (Fsp3) is 1.00. The molecule has 0 aliphatic heterocycles. The van der Waals surface area contributed by atoms with Crippen LogP contribution in [0.25, 0.3) is 0 Å². The summed E-state index contributed by atoms with van der Waals surface area (Å²) >= 11 is 0. The van der Waals surface area contributed by atoms with Crippen molar-refractivity contribution in [1.82, 2.24) is 0 Å². The first-order chi connectivity index (χ1) is 3.88. The number of aliphatic hydroxyl groups is 1. The van der Waals surface area contributed by atoms with E-state index < -0.39 is 0 Å². The smallest absolute Gasteiger partial charge is 0.0462 e. The second-order valence-corrected chi connectivity index (χ2v) is 2.73.